The molecule has 0 saturated heterocycles. The van der Waals surface area contributed by atoms with Crippen LogP contribution in [0.1, 0.15) is 31.0 Å². The SMILES string of the molecule is Cc1cc(C(N)=S)cc(NCC(C)N(C)C2CC2)n1. The van der Waals surface area contributed by atoms with Gasteiger partial charge in [0.25, 0.3) is 0 Å². The van der Waals surface area contributed by atoms with E-state index in [9.17, 15) is 0 Å². The maximum atomic E-state index is 5.67. The minimum Gasteiger partial charge on any atom is -0.389 e. The number of aromatic nitrogens is 1. The third-order valence-corrected chi connectivity index (χ3v) is 3.87. The van der Waals surface area contributed by atoms with Crippen molar-refractivity contribution in [1.29, 1.82) is 0 Å². The van der Waals surface area contributed by atoms with Crippen molar-refractivity contribution in [3.63, 3.8) is 0 Å². The van der Waals surface area contributed by atoms with E-state index in [1.807, 2.05) is 19.1 Å². The van der Waals surface area contributed by atoms with Crippen LogP contribution in [0.2, 0.25) is 0 Å². The maximum absolute atomic E-state index is 5.67. The Morgan fingerprint density at radius 2 is 2.26 bits per heavy atom. The Morgan fingerprint density at radius 1 is 1.58 bits per heavy atom. The second-order valence-electron chi connectivity index (χ2n) is 5.37. The normalized spacial score (nSPS) is 16.4. The largest absolute Gasteiger partial charge is 0.389 e. The molecular weight excluding hydrogens is 256 g/mol. The van der Waals surface area contributed by atoms with Crippen LogP contribution >= 0.6 is 12.2 Å². The molecule has 1 unspecified atom stereocenters. The fraction of sp³-hybridized carbons (Fsp3) is 0.571. The van der Waals surface area contributed by atoms with Crippen LogP contribution in [0.25, 0.3) is 0 Å². The van der Waals surface area contributed by atoms with E-state index < -0.39 is 0 Å². The lowest BCUT2D eigenvalue weighted by atomic mass is 10.2. The first kappa shape index (κ1) is 14.2. The van der Waals surface area contributed by atoms with Gasteiger partial charge in [0.2, 0.25) is 0 Å². The lowest BCUT2D eigenvalue weighted by Crippen LogP contribution is -2.36. The van der Waals surface area contributed by atoms with E-state index in [1.54, 1.807) is 0 Å². The zero-order valence-corrected chi connectivity index (χ0v) is 12.6. The number of anilines is 1. The number of nitrogens with one attached hydrogen (secondary N) is 1. The van der Waals surface area contributed by atoms with Crippen LogP contribution in [-0.4, -0.2) is 40.5 Å². The van der Waals surface area contributed by atoms with Gasteiger partial charge >= 0.3 is 0 Å². The average molecular weight is 278 g/mol. The molecule has 19 heavy (non-hydrogen) atoms. The molecule has 1 aliphatic carbocycles. The molecule has 0 amide bonds. The van der Waals surface area contributed by atoms with Crippen molar-refractivity contribution in [1.82, 2.24) is 9.88 Å². The van der Waals surface area contributed by atoms with Crippen LogP contribution in [0.4, 0.5) is 5.82 Å². The van der Waals surface area contributed by atoms with Crippen molar-refractivity contribution >= 4 is 23.0 Å². The molecule has 1 atom stereocenters. The van der Waals surface area contributed by atoms with Crippen molar-refractivity contribution in [3.8, 4) is 0 Å². The molecule has 4 nitrogen and oxygen atoms in total. The number of likely N-dealkylation sites (N-methyl/N-ethyl adjacent to an activating group) is 1. The van der Waals surface area contributed by atoms with Gasteiger partial charge in [-0.15, -0.1) is 0 Å². The molecule has 104 valence electrons. The van der Waals surface area contributed by atoms with Crippen LogP contribution in [0.5, 0.6) is 0 Å². The summed E-state index contributed by atoms with van der Waals surface area (Å²) >= 11 is 5.02. The van der Waals surface area contributed by atoms with Crippen molar-refractivity contribution in [2.75, 3.05) is 18.9 Å². The van der Waals surface area contributed by atoms with E-state index in [1.165, 1.54) is 12.8 Å². The zero-order chi connectivity index (χ0) is 14.0. The predicted molar refractivity (Wildman–Crippen MR) is 83.6 cm³/mol. The summed E-state index contributed by atoms with van der Waals surface area (Å²) in [6.45, 7) is 5.06. The molecule has 5 heteroatoms. The Hall–Kier alpha value is -1.20. The van der Waals surface area contributed by atoms with Crippen molar-refractivity contribution < 1.29 is 0 Å². The molecule has 1 fully saturated rings. The monoisotopic (exact) mass is 278 g/mol. The summed E-state index contributed by atoms with van der Waals surface area (Å²) in [5.41, 5.74) is 7.47. The van der Waals surface area contributed by atoms with Gasteiger partial charge in [0.15, 0.2) is 0 Å². The van der Waals surface area contributed by atoms with E-state index in [-0.39, 0.29) is 0 Å². The molecule has 0 spiro atoms. The molecule has 0 bridgehead atoms. The van der Waals surface area contributed by atoms with Crippen LogP contribution in [0.3, 0.4) is 0 Å². The van der Waals surface area contributed by atoms with Gasteiger partial charge < -0.3 is 11.1 Å². The quantitative estimate of drug-likeness (QED) is 0.779. The number of nitrogens with two attached hydrogens (primary N) is 1. The summed E-state index contributed by atoms with van der Waals surface area (Å²) in [6.07, 6.45) is 2.66. The number of thiocarbonyl (C=S) groups is 1. The Balaban J connectivity index is 1.96. The molecule has 3 N–H and O–H groups in total. The first-order valence-electron chi connectivity index (χ1n) is 6.71. The molecule has 0 aliphatic heterocycles. The highest BCUT2D eigenvalue weighted by Crippen LogP contribution is 2.26. The fourth-order valence-electron chi connectivity index (χ4n) is 2.14. The summed E-state index contributed by atoms with van der Waals surface area (Å²) < 4.78 is 0. The first-order chi connectivity index (χ1) is 8.97. The molecule has 1 saturated carbocycles. The number of hydrogen-bond acceptors (Lipinski definition) is 4. The zero-order valence-electron chi connectivity index (χ0n) is 11.8. The van der Waals surface area contributed by atoms with Gasteiger partial charge in [-0.05, 0) is 45.9 Å². The highest BCUT2D eigenvalue weighted by Gasteiger charge is 2.28. The third kappa shape index (κ3) is 3.88. The minimum absolute atomic E-state index is 0.414. The minimum atomic E-state index is 0.414. The Bertz CT molecular complexity index is 471. The fourth-order valence-corrected chi connectivity index (χ4v) is 2.26. The van der Waals surface area contributed by atoms with Gasteiger partial charge in [0, 0.05) is 29.9 Å². The Labute approximate surface area is 120 Å². The van der Waals surface area contributed by atoms with E-state index in [2.05, 4.69) is 29.2 Å². The van der Waals surface area contributed by atoms with Crippen LogP contribution < -0.4 is 11.1 Å². The smallest absolute Gasteiger partial charge is 0.126 e. The van der Waals surface area contributed by atoms with Gasteiger partial charge in [-0.3, -0.25) is 4.90 Å². The summed E-state index contributed by atoms with van der Waals surface area (Å²) in [4.78, 5) is 7.30. The highest BCUT2D eigenvalue weighted by molar-refractivity contribution is 7.80. The second-order valence-corrected chi connectivity index (χ2v) is 5.81. The predicted octanol–water partition coefficient (Wildman–Crippen LogP) is 1.92. The highest BCUT2D eigenvalue weighted by atomic mass is 32.1. The molecule has 1 aromatic rings. The Morgan fingerprint density at radius 3 is 2.84 bits per heavy atom. The molecule has 1 aliphatic rings. The Kier molecular flexibility index (Phi) is 4.37. The lowest BCUT2D eigenvalue weighted by Gasteiger charge is -2.25. The molecule has 1 aromatic heterocycles. The topological polar surface area (TPSA) is 54.2 Å². The van der Waals surface area contributed by atoms with E-state index >= 15 is 0 Å². The molecular formula is C14H22N4S. The third-order valence-electron chi connectivity index (χ3n) is 3.63. The van der Waals surface area contributed by atoms with Crippen molar-refractivity contribution in [2.45, 2.75) is 38.8 Å². The number of hydrogen-bond donors (Lipinski definition) is 2. The average Bonchev–Trinajstić information content (AvgIpc) is 3.18. The summed E-state index contributed by atoms with van der Waals surface area (Å²) in [7, 11) is 2.19. The maximum Gasteiger partial charge on any atom is 0.126 e. The molecule has 2 rings (SSSR count). The lowest BCUT2D eigenvalue weighted by molar-refractivity contribution is 0.257. The molecule has 0 aromatic carbocycles. The summed E-state index contributed by atoms with van der Waals surface area (Å²) in [5.74, 6) is 0.846. The second kappa shape index (κ2) is 5.84. The number of nitrogens with zero attached hydrogens (tertiary/aromatic N) is 2. The van der Waals surface area contributed by atoms with E-state index in [0.29, 0.717) is 11.0 Å². The summed E-state index contributed by atoms with van der Waals surface area (Å²) in [5, 5.41) is 3.38. The van der Waals surface area contributed by atoms with Crippen molar-refractivity contribution in [3.05, 3.63) is 23.4 Å². The van der Waals surface area contributed by atoms with E-state index in [4.69, 9.17) is 18.0 Å². The molecule has 0 radical (unpaired) electrons. The van der Waals surface area contributed by atoms with Gasteiger partial charge in [-0.2, -0.15) is 0 Å². The van der Waals surface area contributed by atoms with Gasteiger partial charge in [0.05, 0.1) is 0 Å². The standard InChI is InChI=1S/C14H22N4S/c1-9-6-11(14(15)19)7-13(17-9)16-8-10(2)18(3)12-4-5-12/h6-7,10,12H,4-5,8H2,1-3H3,(H2,15,19)(H,16,17). The first-order valence-corrected chi connectivity index (χ1v) is 7.12. The van der Waals surface area contributed by atoms with Crippen molar-refractivity contribution in [2.24, 2.45) is 5.73 Å². The van der Waals surface area contributed by atoms with Crippen LogP contribution in [0, 0.1) is 6.92 Å². The molecule has 1 heterocycles. The van der Waals surface area contributed by atoms with Gasteiger partial charge in [0.1, 0.15) is 10.8 Å². The number of pyridine rings is 1. The van der Waals surface area contributed by atoms with Crippen LogP contribution in [-0.2, 0) is 0 Å². The van der Waals surface area contributed by atoms with Crippen LogP contribution in [0.15, 0.2) is 12.1 Å². The number of aryl methyl sites for hydroxylation is 1. The van der Waals surface area contributed by atoms with Gasteiger partial charge in [-0.1, -0.05) is 12.2 Å². The van der Waals surface area contributed by atoms with E-state index in [0.717, 1.165) is 29.7 Å². The number of rotatable bonds is 6. The van der Waals surface area contributed by atoms with Gasteiger partial charge in [-0.25, -0.2) is 4.98 Å². The summed E-state index contributed by atoms with van der Waals surface area (Å²) in [6, 6.07) is 5.09.